The number of allylic oxidation sites excluding steroid dienone is 1. The largest absolute Gasteiger partial charge is 0.332 e. The minimum atomic E-state index is -0.583. The van der Waals surface area contributed by atoms with Crippen LogP contribution in [0.25, 0.3) is 0 Å². The van der Waals surface area contributed by atoms with Crippen LogP contribution in [0.15, 0.2) is 55.1 Å². The minimum absolute atomic E-state index is 0.00830. The SMILES string of the molecule is C=CC[C@@]1(C)C[C@H](c2ccc(F)c(Cl)c2)[C@@H](c2ccc(Cl)cc2)N(C(C)C)C1=O. The molecule has 0 N–H and O–H groups in total. The third-order valence-electron chi connectivity index (χ3n) is 5.84. The molecule has 1 fully saturated rings. The van der Waals surface area contributed by atoms with Crippen molar-refractivity contribution in [1.29, 1.82) is 0 Å². The highest BCUT2D eigenvalue weighted by Crippen LogP contribution is 2.52. The van der Waals surface area contributed by atoms with E-state index in [1.165, 1.54) is 6.07 Å². The summed E-state index contributed by atoms with van der Waals surface area (Å²) in [5, 5.41) is 0.737. The number of nitrogens with zero attached hydrogens (tertiary/aromatic N) is 1. The van der Waals surface area contributed by atoms with Crippen LogP contribution in [0.5, 0.6) is 0 Å². The van der Waals surface area contributed by atoms with Gasteiger partial charge < -0.3 is 4.90 Å². The van der Waals surface area contributed by atoms with E-state index in [9.17, 15) is 9.18 Å². The van der Waals surface area contributed by atoms with Crippen LogP contribution in [0.2, 0.25) is 10.0 Å². The highest BCUT2D eigenvalue weighted by Gasteiger charge is 2.49. The molecule has 154 valence electrons. The maximum atomic E-state index is 13.8. The molecule has 5 heteroatoms. The van der Waals surface area contributed by atoms with E-state index in [1.807, 2.05) is 49.9 Å². The number of hydrogen-bond donors (Lipinski definition) is 0. The standard InChI is InChI=1S/C24H26Cl2FNO/c1-5-12-24(4)14-19(17-8-11-21(27)20(26)13-17)22(28(15(2)3)23(24)29)16-6-9-18(25)10-7-16/h5-11,13,15,19,22H,1,12,14H2,2-4H3/t19-,22-,24+/m1/s1. The Balaban J connectivity index is 2.19. The molecule has 1 amide bonds. The van der Waals surface area contributed by atoms with Crippen molar-refractivity contribution in [2.24, 2.45) is 5.41 Å². The Kier molecular flexibility index (Phi) is 6.40. The van der Waals surface area contributed by atoms with E-state index in [-0.39, 0.29) is 28.9 Å². The Labute approximate surface area is 182 Å². The molecule has 0 aromatic heterocycles. The Bertz CT molecular complexity index is 912. The van der Waals surface area contributed by atoms with Gasteiger partial charge in [0, 0.05) is 17.0 Å². The van der Waals surface area contributed by atoms with Gasteiger partial charge >= 0.3 is 0 Å². The van der Waals surface area contributed by atoms with Gasteiger partial charge in [-0.3, -0.25) is 4.79 Å². The van der Waals surface area contributed by atoms with Crippen molar-refractivity contribution >= 4 is 29.1 Å². The highest BCUT2D eigenvalue weighted by atomic mass is 35.5. The van der Waals surface area contributed by atoms with Crippen molar-refractivity contribution in [3.63, 3.8) is 0 Å². The molecule has 0 aliphatic carbocycles. The molecule has 2 aromatic rings. The Morgan fingerprint density at radius 3 is 2.38 bits per heavy atom. The van der Waals surface area contributed by atoms with E-state index in [1.54, 1.807) is 18.2 Å². The van der Waals surface area contributed by atoms with E-state index in [2.05, 4.69) is 6.58 Å². The van der Waals surface area contributed by atoms with Gasteiger partial charge in [-0.25, -0.2) is 4.39 Å². The van der Waals surface area contributed by atoms with Gasteiger partial charge in [-0.1, -0.05) is 54.4 Å². The highest BCUT2D eigenvalue weighted by molar-refractivity contribution is 6.31. The average molecular weight is 434 g/mol. The topological polar surface area (TPSA) is 20.3 Å². The molecule has 29 heavy (non-hydrogen) atoms. The van der Waals surface area contributed by atoms with E-state index >= 15 is 0 Å². The molecule has 2 nitrogen and oxygen atoms in total. The summed E-state index contributed by atoms with van der Waals surface area (Å²) in [4.78, 5) is 15.5. The molecule has 0 spiro atoms. The van der Waals surface area contributed by atoms with Crippen LogP contribution < -0.4 is 0 Å². The van der Waals surface area contributed by atoms with Crippen molar-refractivity contribution in [2.75, 3.05) is 0 Å². The molecule has 2 aromatic carbocycles. The predicted molar refractivity (Wildman–Crippen MR) is 118 cm³/mol. The lowest BCUT2D eigenvalue weighted by atomic mass is 9.67. The second-order valence-electron chi connectivity index (χ2n) is 8.34. The van der Waals surface area contributed by atoms with Crippen molar-refractivity contribution in [3.05, 3.63) is 82.1 Å². The van der Waals surface area contributed by atoms with E-state index in [4.69, 9.17) is 23.2 Å². The zero-order chi connectivity index (χ0) is 21.3. The average Bonchev–Trinajstić information content (AvgIpc) is 2.66. The first-order valence-electron chi connectivity index (χ1n) is 9.82. The summed E-state index contributed by atoms with van der Waals surface area (Å²) in [5.41, 5.74) is 1.34. The van der Waals surface area contributed by atoms with Gasteiger partial charge in [0.05, 0.1) is 16.5 Å². The van der Waals surface area contributed by atoms with Gasteiger partial charge in [-0.2, -0.15) is 0 Å². The number of likely N-dealkylation sites (tertiary alicyclic amines) is 1. The molecule has 0 unspecified atom stereocenters. The monoisotopic (exact) mass is 433 g/mol. The first kappa shape index (κ1) is 21.9. The molecule has 0 bridgehead atoms. The second-order valence-corrected chi connectivity index (χ2v) is 9.18. The summed E-state index contributed by atoms with van der Waals surface area (Å²) in [6.45, 7) is 9.89. The van der Waals surface area contributed by atoms with Crippen molar-refractivity contribution in [3.8, 4) is 0 Å². The molecule has 1 heterocycles. The first-order chi connectivity index (χ1) is 13.7. The fourth-order valence-corrected chi connectivity index (χ4v) is 4.77. The van der Waals surface area contributed by atoms with Gasteiger partial charge in [0.25, 0.3) is 0 Å². The predicted octanol–water partition coefficient (Wildman–Crippen LogP) is 7.18. The lowest BCUT2D eigenvalue weighted by molar-refractivity contribution is -0.153. The Morgan fingerprint density at radius 1 is 1.21 bits per heavy atom. The fraction of sp³-hybridized carbons (Fsp3) is 0.375. The molecule has 3 rings (SSSR count). The zero-order valence-electron chi connectivity index (χ0n) is 17.0. The van der Waals surface area contributed by atoms with Crippen LogP contribution in [0.1, 0.15) is 56.7 Å². The minimum Gasteiger partial charge on any atom is -0.332 e. The van der Waals surface area contributed by atoms with Gasteiger partial charge in [-0.05, 0) is 62.1 Å². The van der Waals surface area contributed by atoms with Gasteiger partial charge in [0.2, 0.25) is 5.91 Å². The van der Waals surface area contributed by atoms with Gasteiger partial charge in [0.15, 0.2) is 0 Å². The summed E-state index contributed by atoms with van der Waals surface area (Å²) < 4.78 is 13.8. The number of carbonyl (C=O) groups is 1. The number of amides is 1. The maximum absolute atomic E-state index is 13.8. The normalized spacial score (nSPS) is 24.8. The lowest BCUT2D eigenvalue weighted by Crippen LogP contribution is -2.54. The lowest BCUT2D eigenvalue weighted by Gasteiger charge is -2.51. The third-order valence-corrected chi connectivity index (χ3v) is 6.38. The molecule has 1 aliphatic rings. The zero-order valence-corrected chi connectivity index (χ0v) is 18.5. The molecular weight excluding hydrogens is 408 g/mol. The van der Waals surface area contributed by atoms with Crippen molar-refractivity contribution in [2.45, 2.75) is 51.6 Å². The van der Waals surface area contributed by atoms with Crippen LogP contribution in [0, 0.1) is 11.2 Å². The summed E-state index contributed by atoms with van der Waals surface area (Å²) in [6.07, 6.45) is 3.00. The van der Waals surface area contributed by atoms with Gasteiger partial charge in [0.1, 0.15) is 5.82 Å². The van der Waals surface area contributed by atoms with Crippen LogP contribution in [0.4, 0.5) is 4.39 Å². The van der Waals surface area contributed by atoms with Crippen molar-refractivity contribution < 1.29 is 9.18 Å². The molecule has 0 saturated carbocycles. The first-order valence-corrected chi connectivity index (χ1v) is 10.6. The number of rotatable bonds is 5. The van der Waals surface area contributed by atoms with Crippen LogP contribution >= 0.6 is 23.2 Å². The summed E-state index contributed by atoms with van der Waals surface area (Å²) in [5.74, 6) is -0.379. The smallest absolute Gasteiger partial charge is 0.229 e. The second kappa shape index (κ2) is 8.49. The molecule has 1 saturated heterocycles. The summed E-state index contributed by atoms with van der Waals surface area (Å²) in [6, 6.07) is 12.3. The van der Waals surface area contributed by atoms with Crippen LogP contribution in [0.3, 0.4) is 0 Å². The number of piperidine rings is 1. The van der Waals surface area contributed by atoms with E-state index in [0.29, 0.717) is 17.9 Å². The molecule has 1 aliphatic heterocycles. The quantitative estimate of drug-likeness (QED) is 0.457. The number of hydrogen-bond acceptors (Lipinski definition) is 1. The Morgan fingerprint density at radius 2 is 1.83 bits per heavy atom. The van der Waals surface area contributed by atoms with Crippen molar-refractivity contribution in [1.82, 2.24) is 4.90 Å². The van der Waals surface area contributed by atoms with Crippen LogP contribution in [-0.4, -0.2) is 16.8 Å². The number of halogens is 3. The summed E-state index contributed by atoms with van der Waals surface area (Å²) >= 11 is 12.2. The number of carbonyl (C=O) groups excluding carboxylic acids is 1. The van der Waals surface area contributed by atoms with Gasteiger partial charge in [-0.15, -0.1) is 6.58 Å². The molecule has 3 atom stereocenters. The maximum Gasteiger partial charge on any atom is 0.229 e. The molecule has 0 radical (unpaired) electrons. The third kappa shape index (κ3) is 4.22. The van der Waals surface area contributed by atoms with E-state index in [0.717, 1.165) is 11.1 Å². The Hall–Kier alpha value is -1.84. The summed E-state index contributed by atoms with van der Waals surface area (Å²) in [7, 11) is 0. The molecular formula is C24H26Cl2FNO. The van der Waals surface area contributed by atoms with E-state index < -0.39 is 11.2 Å². The fourth-order valence-electron chi connectivity index (χ4n) is 4.46. The van der Waals surface area contributed by atoms with Crippen LogP contribution in [-0.2, 0) is 4.79 Å². The number of benzene rings is 2.